The minimum absolute atomic E-state index is 0.112. The molecule has 0 atom stereocenters. The van der Waals surface area contributed by atoms with Crippen LogP contribution in [-0.4, -0.2) is 14.6 Å². The third-order valence-corrected chi connectivity index (χ3v) is 5.38. The Morgan fingerprint density at radius 1 is 1.14 bits per heavy atom. The van der Waals surface area contributed by atoms with E-state index >= 15 is 0 Å². The standard InChI is InChI=1S/C22H18ClN3O3/c1-14-22(26(27)28)21(29-24-14)12-11-17-15(2)25(20-10-6-4-8-18(17)20)13-16-7-3-5-9-19(16)23/h3-12H,13H2,1-2H3/b12-11+. The second-order valence-corrected chi connectivity index (χ2v) is 7.17. The first-order chi connectivity index (χ1) is 14.0. The summed E-state index contributed by atoms with van der Waals surface area (Å²) < 4.78 is 7.34. The van der Waals surface area contributed by atoms with Crippen molar-refractivity contribution < 1.29 is 9.45 Å². The van der Waals surface area contributed by atoms with Gasteiger partial charge >= 0.3 is 5.69 Å². The van der Waals surface area contributed by atoms with Crippen LogP contribution in [0.2, 0.25) is 5.02 Å². The van der Waals surface area contributed by atoms with Crippen LogP contribution in [0.25, 0.3) is 23.1 Å². The number of hydrogen-bond acceptors (Lipinski definition) is 4. The summed E-state index contributed by atoms with van der Waals surface area (Å²) >= 11 is 6.36. The van der Waals surface area contributed by atoms with E-state index in [4.69, 9.17) is 16.1 Å². The molecule has 0 N–H and O–H groups in total. The van der Waals surface area contributed by atoms with Crippen LogP contribution in [-0.2, 0) is 6.54 Å². The number of rotatable bonds is 5. The SMILES string of the molecule is Cc1noc(/C=C/c2c(C)n(Cc3ccccc3Cl)c3ccccc23)c1[N+](=O)[O-]. The van der Waals surface area contributed by atoms with Crippen molar-refractivity contribution in [2.45, 2.75) is 20.4 Å². The number of nitrogens with zero attached hydrogens (tertiary/aromatic N) is 3. The van der Waals surface area contributed by atoms with E-state index in [1.807, 2.05) is 55.5 Å². The van der Waals surface area contributed by atoms with E-state index in [2.05, 4.69) is 15.8 Å². The van der Waals surface area contributed by atoms with E-state index in [0.29, 0.717) is 6.54 Å². The van der Waals surface area contributed by atoms with Gasteiger partial charge in [-0.15, -0.1) is 0 Å². The van der Waals surface area contributed by atoms with Gasteiger partial charge in [0.05, 0.1) is 4.92 Å². The molecule has 4 rings (SSSR count). The molecule has 0 aliphatic heterocycles. The molecule has 146 valence electrons. The van der Waals surface area contributed by atoms with E-state index in [-0.39, 0.29) is 17.1 Å². The highest BCUT2D eigenvalue weighted by Gasteiger charge is 2.22. The van der Waals surface area contributed by atoms with Crippen molar-refractivity contribution >= 4 is 40.3 Å². The summed E-state index contributed by atoms with van der Waals surface area (Å²) in [4.78, 5) is 10.8. The molecule has 0 aliphatic carbocycles. The van der Waals surface area contributed by atoms with Crippen LogP contribution in [0.4, 0.5) is 5.69 Å². The topological polar surface area (TPSA) is 74.1 Å². The third kappa shape index (κ3) is 3.43. The van der Waals surface area contributed by atoms with Crippen LogP contribution in [0.15, 0.2) is 53.1 Å². The summed E-state index contributed by atoms with van der Waals surface area (Å²) in [6, 6.07) is 15.8. The molecule has 29 heavy (non-hydrogen) atoms. The van der Waals surface area contributed by atoms with Gasteiger partial charge in [-0.1, -0.05) is 53.2 Å². The van der Waals surface area contributed by atoms with E-state index in [9.17, 15) is 10.1 Å². The number of benzene rings is 2. The van der Waals surface area contributed by atoms with E-state index in [0.717, 1.165) is 32.7 Å². The molecule has 2 heterocycles. The average molecular weight is 408 g/mol. The predicted molar refractivity (Wildman–Crippen MR) is 114 cm³/mol. The van der Waals surface area contributed by atoms with Gasteiger partial charge in [0.1, 0.15) is 0 Å². The van der Waals surface area contributed by atoms with Gasteiger partial charge in [0.15, 0.2) is 5.69 Å². The quantitative estimate of drug-likeness (QED) is 0.299. The minimum Gasteiger partial charge on any atom is -0.349 e. The highest BCUT2D eigenvalue weighted by Crippen LogP contribution is 2.31. The number of nitro groups is 1. The predicted octanol–water partition coefficient (Wildman–Crippen LogP) is 6.03. The first-order valence-corrected chi connectivity index (χ1v) is 9.45. The Labute approximate surface area is 172 Å². The molecular formula is C22H18ClN3O3. The Bertz CT molecular complexity index is 1250. The first-order valence-electron chi connectivity index (χ1n) is 9.07. The molecule has 0 aliphatic rings. The van der Waals surface area contributed by atoms with Crippen molar-refractivity contribution in [1.82, 2.24) is 9.72 Å². The summed E-state index contributed by atoms with van der Waals surface area (Å²) in [6.07, 6.45) is 3.44. The highest BCUT2D eigenvalue weighted by molar-refractivity contribution is 6.31. The third-order valence-electron chi connectivity index (χ3n) is 5.01. The molecule has 0 saturated heterocycles. The normalized spacial score (nSPS) is 11.6. The van der Waals surface area contributed by atoms with Crippen LogP contribution in [0, 0.1) is 24.0 Å². The number of aromatic nitrogens is 2. The molecule has 7 heteroatoms. The average Bonchev–Trinajstić information content (AvgIpc) is 3.20. The molecule has 0 amide bonds. The number of halogens is 1. The lowest BCUT2D eigenvalue weighted by Gasteiger charge is -2.10. The van der Waals surface area contributed by atoms with Crippen LogP contribution < -0.4 is 0 Å². The zero-order valence-electron chi connectivity index (χ0n) is 15.9. The van der Waals surface area contributed by atoms with Gasteiger partial charge in [-0.25, -0.2) is 0 Å². The van der Waals surface area contributed by atoms with Crippen LogP contribution in [0.1, 0.15) is 28.3 Å². The van der Waals surface area contributed by atoms with Crippen LogP contribution in [0.5, 0.6) is 0 Å². The maximum absolute atomic E-state index is 11.3. The van der Waals surface area contributed by atoms with Crippen molar-refractivity contribution in [3.05, 3.63) is 91.9 Å². The smallest absolute Gasteiger partial charge is 0.338 e. The molecule has 0 radical (unpaired) electrons. The van der Waals surface area contributed by atoms with Gasteiger partial charge < -0.3 is 9.09 Å². The molecule has 6 nitrogen and oxygen atoms in total. The number of fused-ring (bicyclic) bond motifs is 1. The van der Waals surface area contributed by atoms with Crippen LogP contribution >= 0.6 is 11.6 Å². The van der Waals surface area contributed by atoms with Gasteiger partial charge in [-0.2, -0.15) is 0 Å². The molecule has 0 unspecified atom stereocenters. The lowest BCUT2D eigenvalue weighted by molar-refractivity contribution is -0.386. The zero-order valence-corrected chi connectivity index (χ0v) is 16.7. The molecule has 0 fully saturated rings. The monoisotopic (exact) mass is 407 g/mol. The largest absolute Gasteiger partial charge is 0.349 e. The maximum atomic E-state index is 11.3. The van der Waals surface area contributed by atoms with Crippen molar-refractivity contribution in [2.24, 2.45) is 0 Å². The Hall–Kier alpha value is -3.38. The summed E-state index contributed by atoms with van der Waals surface area (Å²) in [5, 5.41) is 16.8. The molecule has 4 aromatic rings. The van der Waals surface area contributed by atoms with E-state index < -0.39 is 4.92 Å². The summed E-state index contributed by atoms with van der Waals surface area (Å²) in [6.45, 7) is 4.21. The van der Waals surface area contributed by atoms with Crippen LogP contribution in [0.3, 0.4) is 0 Å². The second kappa shape index (κ2) is 7.56. The molecule has 0 bridgehead atoms. The fourth-order valence-corrected chi connectivity index (χ4v) is 3.74. The minimum atomic E-state index is -0.473. The summed E-state index contributed by atoms with van der Waals surface area (Å²) in [7, 11) is 0. The van der Waals surface area contributed by atoms with Gasteiger partial charge in [-0.3, -0.25) is 10.1 Å². The molecule has 0 saturated carbocycles. The van der Waals surface area contributed by atoms with Gasteiger partial charge in [0.2, 0.25) is 5.76 Å². The second-order valence-electron chi connectivity index (χ2n) is 6.77. The van der Waals surface area contributed by atoms with Crippen molar-refractivity contribution in [3.8, 4) is 0 Å². The Morgan fingerprint density at radius 3 is 2.62 bits per heavy atom. The van der Waals surface area contributed by atoms with Gasteiger partial charge in [0.25, 0.3) is 0 Å². The highest BCUT2D eigenvalue weighted by atomic mass is 35.5. The Kier molecular flexibility index (Phi) is 4.94. The van der Waals surface area contributed by atoms with Crippen molar-refractivity contribution in [1.29, 1.82) is 0 Å². The lowest BCUT2D eigenvalue weighted by Crippen LogP contribution is -2.02. The molecular weight excluding hydrogens is 390 g/mol. The zero-order chi connectivity index (χ0) is 20.5. The number of para-hydroxylation sites is 1. The lowest BCUT2D eigenvalue weighted by atomic mass is 10.1. The first kappa shape index (κ1) is 19.0. The Morgan fingerprint density at radius 2 is 1.86 bits per heavy atom. The van der Waals surface area contributed by atoms with Crippen molar-refractivity contribution in [3.63, 3.8) is 0 Å². The maximum Gasteiger partial charge on any atom is 0.338 e. The van der Waals surface area contributed by atoms with Gasteiger partial charge in [-0.05, 0) is 43.7 Å². The summed E-state index contributed by atoms with van der Waals surface area (Å²) in [5.41, 5.74) is 4.23. The Balaban J connectivity index is 1.81. The fourth-order valence-electron chi connectivity index (χ4n) is 3.54. The molecule has 2 aromatic carbocycles. The molecule has 2 aromatic heterocycles. The summed E-state index contributed by atoms with van der Waals surface area (Å²) in [5.74, 6) is 0.134. The van der Waals surface area contributed by atoms with Crippen molar-refractivity contribution in [2.75, 3.05) is 0 Å². The van der Waals surface area contributed by atoms with E-state index in [1.165, 1.54) is 0 Å². The number of hydrogen-bond donors (Lipinski definition) is 0. The fraction of sp³-hybridized carbons (Fsp3) is 0.136. The molecule has 0 spiro atoms. The van der Waals surface area contributed by atoms with Gasteiger partial charge in [0, 0.05) is 33.7 Å². The van der Waals surface area contributed by atoms with E-state index in [1.54, 1.807) is 13.0 Å². The number of aryl methyl sites for hydroxylation is 1.